The van der Waals surface area contributed by atoms with E-state index in [0.717, 1.165) is 24.8 Å². The highest BCUT2D eigenvalue weighted by molar-refractivity contribution is 7.89. The van der Waals surface area contributed by atoms with Crippen LogP contribution in [0.1, 0.15) is 41.2 Å². The molecule has 1 aliphatic heterocycles. The lowest BCUT2D eigenvalue weighted by molar-refractivity contribution is 0.102. The average Bonchev–Trinajstić information content (AvgIpc) is 2.81. The minimum absolute atomic E-state index is 0.173. The number of carbonyl (C=O) groups is 1. The summed E-state index contributed by atoms with van der Waals surface area (Å²) < 4.78 is 28.3. The molecule has 1 aliphatic rings. The SMILES string of the molecule is O=C(Nc1ccc(S(=O)(=O)N2CCCC[C@H]2c2cccnc2)cc1)c1cc(Cl)ccc1Cl. The fraction of sp³-hybridized carbons (Fsp3) is 0.217. The van der Waals surface area contributed by atoms with Gasteiger partial charge in [-0.15, -0.1) is 0 Å². The van der Waals surface area contributed by atoms with Gasteiger partial charge in [-0.25, -0.2) is 8.42 Å². The fourth-order valence-electron chi connectivity index (χ4n) is 3.81. The molecule has 0 saturated carbocycles. The van der Waals surface area contributed by atoms with E-state index in [1.54, 1.807) is 41.0 Å². The number of pyridine rings is 1. The molecule has 1 saturated heterocycles. The van der Waals surface area contributed by atoms with Crippen molar-refractivity contribution in [3.63, 3.8) is 0 Å². The summed E-state index contributed by atoms with van der Waals surface area (Å²) in [6.45, 7) is 0.452. The Balaban J connectivity index is 1.55. The Kier molecular flexibility index (Phi) is 6.81. The van der Waals surface area contributed by atoms with E-state index >= 15 is 0 Å². The molecule has 0 spiro atoms. The van der Waals surface area contributed by atoms with Crippen molar-refractivity contribution in [2.75, 3.05) is 11.9 Å². The van der Waals surface area contributed by atoms with Gasteiger partial charge in [0.15, 0.2) is 0 Å². The molecule has 0 unspecified atom stereocenters. The van der Waals surface area contributed by atoms with Gasteiger partial charge in [-0.1, -0.05) is 35.7 Å². The van der Waals surface area contributed by atoms with Crippen LogP contribution in [-0.4, -0.2) is 30.2 Å². The number of sulfonamides is 1. The maximum atomic E-state index is 13.4. The van der Waals surface area contributed by atoms with E-state index in [9.17, 15) is 13.2 Å². The number of aromatic nitrogens is 1. The summed E-state index contributed by atoms with van der Waals surface area (Å²) >= 11 is 12.0. The highest BCUT2D eigenvalue weighted by atomic mass is 35.5. The summed E-state index contributed by atoms with van der Waals surface area (Å²) in [5.41, 5.74) is 1.58. The number of nitrogens with zero attached hydrogens (tertiary/aromatic N) is 2. The van der Waals surface area contributed by atoms with Crippen molar-refractivity contribution in [2.24, 2.45) is 0 Å². The maximum Gasteiger partial charge on any atom is 0.257 e. The summed E-state index contributed by atoms with van der Waals surface area (Å²) in [5.74, 6) is -0.430. The molecule has 6 nitrogen and oxygen atoms in total. The van der Waals surface area contributed by atoms with Gasteiger partial charge in [0.2, 0.25) is 10.0 Å². The molecule has 0 aliphatic carbocycles. The largest absolute Gasteiger partial charge is 0.322 e. The van der Waals surface area contributed by atoms with Crippen LogP contribution in [0.2, 0.25) is 10.0 Å². The minimum atomic E-state index is -3.71. The van der Waals surface area contributed by atoms with Gasteiger partial charge in [0.05, 0.1) is 21.5 Å². The Bertz CT molecular complexity index is 1220. The van der Waals surface area contributed by atoms with Crippen LogP contribution in [0.3, 0.4) is 0 Å². The van der Waals surface area contributed by atoms with Crippen LogP contribution >= 0.6 is 23.2 Å². The van der Waals surface area contributed by atoms with Crippen molar-refractivity contribution in [1.82, 2.24) is 9.29 Å². The Hall–Kier alpha value is -2.45. The first-order chi connectivity index (χ1) is 15.4. The topological polar surface area (TPSA) is 79.4 Å². The molecule has 2 heterocycles. The number of anilines is 1. The maximum absolute atomic E-state index is 13.4. The quantitative estimate of drug-likeness (QED) is 0.508. The second-order valence-corrected chi connectivity index (χ2v) is 10.3. The lowest BCUT2D eigenvalue weighted by Gasteiger charge is -2.34. The van der Waals surface area contributed by atoms with Gasteiger partial charge < -0.3 is 5.32 Å². The van der Waals surface area contributed by atoms with Gasteiger partial charge in [-0.2, -0.15) is 4.31 Å². The van der Waals surface area contributed by atoms with E-state index in [2.05, 4.69) is 10.3 Å². The summed E-state index contributed by atoms with van der Waals surface area (Å²) in [6.07, 6.45) is 5.92. The smallest absolute Gasteiger partial charge is 0.257 e. The molecular weight excluding hydrogens is 469 g/mol. The van der Waals surface area contributed by atoms with Crippen molar-refractivity contribution < 1.29 is 13.2 Å². The van der Waals surface area contributed by atoms with Crippen LogP contribution in [-0.2, 0) is 10.0 Å². The standard InChI is InChI=1S/C23H21Cl2N3O3S/c24-17-6-11-21(25)20(14-17)23(29)27-18-7-9-19(10-8-18)32(30,31)28-13-2-1-5-22(28)16-4-3-12-26-15-16/h3-4,6-12,14-15,22H,1-2,5,13H2,(H,27,29)/t22-/m0/s1. The second-order valence-electron chi connectivity index (χ2n) is 7.52. The number of nitrogens with one attached hydrogen (secondary N) is 1. The molecular formula is C23H21Cl2N3O3S. The number of piperidine rings is 1. The first kappa shape index (κ1) is 22.7. The van der Waals surface area contributed by atoms with E-state index in [0.29, 0.717) is 17.3 Å². The molecule has 166 valence electrons. The van der Waals surface area contributed by atoms with Gasteiger partial charge in [-0.3, -0.25) is 9.78 Å². The summed E-state index contributed by atoms with van der Waals surface area (Å²) in [5, 5.41) is 3.39. The third-order valence-electron chi connectivity index (χ3n) is 5.41. The third kappa shape index (κ3) is 4.81. The minimum Gasteiger partial charge on any atom is -0.322 e. The predicted octanol–water partition coefficient (Wildman–Crippen LogP) is 5.56. The first-order valence-electron chi connectivity index (χ1n) is 10.1. The monoisotopic (exact) mass is 489 g/mol. The van der Waals surface area contributed by atoms with E-state index < -0.39 is 15.9 Å². The van der Waals surface area contributed by atoms with E-state index in [-0.39, 0.29) is 21.5 Å². The van der Waals surface area contributed by atoms with Crippen LogP contribution in [0.15, 0.2) is 71.9 Å². The molecule has 1 fully saturated rings. The molecule has 2 aromatic carbocycles. The number of benzene rings is 2. The Morgan fingerprint density at radius 1 is 1.06 bits per heavy atom. The van der Waals surface area contributed by atoms with Crippen molar-refractivity contribution >= 4 is 44.8 Å². The second kappa shape index (κ2) is 9.58. The van der Waals surface area contributed by atoms with Crippen molar-refractivity contribution in [3.05, 3.63) is 88.2 Å². The van der Waals surface area contributed by atoms with Gasteiger partial charge in [-0.05, 0) is 66.9 Å². The van der Waals surface area contributed by atoms with E-state index in [1.165, 1.54) is 18.2 Å². The van der Waals surface area contributed by atoms with Crippen LogP contribution < -0.4 is 5.32 Å². The number of carbonyl (C=O) groups excluding carboxylic acids is 1. The van der Waals surface area contributed by atoms with Crippen LogP contribution in [0, 0.1) is 0 Å². The van der Waals surface area contributed by atoms with Gasteiger partial charge >= 0.3 is 0 Å². The summed E-state index contributed by atoms with van der Waals surface area (Å²) in [6, 6.07) is 14.2. The van der Waals surface area contributed by atoms with Crippen molar-refractivity contribution in [3.8, 4) is 0 Å². The molecule has 4 rings (SSSR count). The van der Waals surface area contributed by atoms with E-state index in [1.807, 2.05) is 12.1 Å². The third-order valence-corrected chi connectivity index (χ3v) is 7.90. The fourth-order valence-corrected chi connectivity index (χ4v) is 5.87. The lowest BCUT2D eigenvalue weighted by Crippen LogP contribution is -2.38. The molecule has 0 radical (unpaired) electrons. The van der Waals surface area contributed by atoms with E-state index in [4.69, 9.17) is 23.2 Å². The van der Waals surface area contributed by atoms with Crippen molar-refractivity contribution in [2.45, 2.75) is 30.2 Å². The molecule has 1 amide bonds. The zero-order valence-electron chi connectivity index (χ0n) is 17.0. The molecule has 0 bridgehead atoms. The molecule has 3 aromatic rings. The average molecular weight is 490 g/mol. The molecule has 1 N–H and O–H groups in total. The summed E-state index contributed by atoms with van der Waals surface area (Å²) in [4.78, 5) is 16.8. The first-order valence-corrected chi connectivity index (χ1v) is 12.3. The van der Waals surface area contributed by atoms with Gasteiger partial charge in [0.25, 0.3) is 5.91 Å². The van der Waals surface area contributed by atoms with Crippen LogP contribution in [0.4, 0.5) is 5.69 Å². The van der Waals surface area contributed by atoms with Gasteiger partial charge in [0, 0.05) is 29.6 Å². The van der Waals surface area contributed by atoms with Gasteiger partial charge in [0.1, 0.15) is 0 Å². The number of hydrogen-bond acceptors (Lipinski definition) is 4. The Labute approximate surface area is 197 Å². The summed E-state index contributed by atoms with van der Waals surface area (Å²) in [7, 11) is -3.71. The number of rotatable bonds is 5. The Morgan fingerprint density at radius 3 is 2.56 bits per heavy atom. The zero-order chi connectivity index (χ0) is 22.7. The lowest BCUT2D eigenvalue weighted by atomic mass is 9.99. The highest BCUT2D eigenvalue weighted by Crippen LogP contribution is 2.35. The Morgan fingerprint density at radius 2 is 1.84 bits per heavy atom. The number of halogens is 2. The van der Waals surface area contributed by atoms with Crippen molar-refractivity contribution in [1.29, 1.82) is 0 Å². The number of hydrogen-bond donors (Lipinski definition) is 1. The zero-order valence-corrected chi connectivity index (χ0v) is 19.4. The molecule has 9 heteroatoms. The predicted molar refractivity (Wildman–Crippen MR) is 126 cm³/mol. The molecule has 32 heavy (non-hydrogen) atoms. The number of amides is 1. The van der Waals surface area contributed by atoms with Crippen LogP contribution in [0.25, 0.3) is 0 Å². The molecule has 1 aromatic heterocycles. The normalized spacial score (nSPS) is 17.1. The van der Waals surface area contributed by atoms with Crippen LogP contribution in [0.5, 0.6) is 0 Å². The molecule has 1 atom stereocenters. The highest BCUT2D eigenvalue weighted by Gasteiger charge is 2.34.